The molecule has 1 aromatic carbocycles. The summed E-state index contributed by atoms with van der Waals surface area (Å²) in [6.45, 7) is 1.33. The summed E-state index contributed by atoms with van der Waals surface area (Å²) in [5, 5.41) is 2.42. The normalized spacial score (nSPS) is 18.6. The van der Waals surface area contributed by atoms with E-state index >= 15 is 0 Å². The van der Waals surface area contributed by atoms with E-state index in [1.165, 1.54) is 5.56 Å². The number of aromatic nitrogens is 2. The number of fused-ring (bicyclic) bond motifs is 1. The number of carbonyl (C=O) groups is 1. The van der Waals surface area contributed by atoms with Gasteiger partial charge in [0.25, 0.3) is 0 Å². The summed E-state index contributed by atoms with van der Waals surface area (Å²) in [7, 11) is 2.02. The van der Waals surface area contributed by atoms with Crippen molar-refractivity contribution in [3.05, 3.63) is 58.5 Å². The molecule has 2 heterocycles. The largest absolute Gasteiger partial charge is 0.336 e. The van der Waals surface area contributed by atoms with E-state index in [1.807, 2.05) is 29.8 Å². The van der Waals surface area contributed by atoms with E-state index in [-0.39, 0.29) is 11.7 Å². The van der Waals surface area contributed by atoms with Gasteiger partial charge < -0.3 is 4.57 Å². The quantitative estimate of drug-likeness (QED) is 0.782. The molecule has 1 aliphatic rings. The maximum absolute atomic E-state index is 11.3. The number of carbonyl (C=O) groups excluding carboxylic acids is 1. The smallest absolute Gasteiger partial charge is 0.331 e. The number of likely N-dealkylation sites (N-methyl/N-ethyl adjacent to an activating group) is 1. The van der Waals surface area contributed by atoms with E-state index in [4.69, 9.17) is 0 Å². The van der Waals surface area contributed by atoms with Crippen LogP contribution in [0.25, 0.3) is 0 Å². The van der Waals surface area contributed by atoms with Crippen LogP contribution in [-0.4, -0.2) is 27.4 Å². The van der Waals surface area contributed by atoms with Crippen LogP contribution in [0.5, 0.6) is 0 Å². The minimum absolute atomic E-state index is 0.122. The fraction of sp³-hybridized carbons (Fsp3) is 0.286. The van der Waals surface area contributed by atoms with Crippen LogP contribution in [0.15, 0.2) is 41.7 Å². The Morgan fingerprint density at radius 1 is 1.35 bits per heavy atom. The van der Waals surface area contributed by atoms with E-state index in [9.17, 15) is 9.70 Å². The summed E-state index contributed by atoms with van der Waals surface area (Å²) in [5.74, 6) is -0.0301. The lowest BCUT2D eigenvalue weighted by molar-refractivity contribution is 0.0996. The van der Waals surface area contributed by atoms with E-state index in [1.54, 1.807) is 6.20 Å². The fourth-order valence-electron chi connectivity index (χ4n) is 2.58. The first kappa shape index (κ1) is 12.7. The second-order valence-corrected chi connectivity index (χ2v) is 4.93. The monoisotopic (exact) mass is 270 g/mol. The van der Waals surface area contributed by atoms with Crippen molar-refractivity contribution in [3.63, 3.8) is 0 Å². The van der Waals surface area contributed by atoms with Gasteiger partial charge in [0.05, 0.1) is 12.6 Å². The molecule has 2 aromatic rings. The number of imidazole rings is 1. The minimum Gasteiger partial charge on any atom is -0.331 e. The average Bonchev–Trinajstić information content (AvgIpc) is 2.89. The lowest BCUT2D eigenvalue weighted by atomic mass is 10.0. The molecular formula is C14H14N4O2. The third-order valence-electron chi connectivity index (χ3n) is 3.64. The first-order chi connectivity index (χ1) is 9.69. The number of nitrogens with zero attached hydrogens (tertiary/aromatic N) is 4. The predicted molar refractivity (Wildman–Crippen MR) is 73.0 cm³/mol. The third kappa shape index (κ3) is 2.14. The molecule has 0 spiro atoms. The highest BCUT2D eigenvalue weighted by Gasteiger charge is 2.27. The number of benzene rings is 1. The maximum Gasteiger partial charge on any atom is 0.336 e. The van der Waals surface area contributed by atoms with Gasteiger partial charge in [0.15, 0.2) is 5.69 Å². The molecule has 0 fully saturated rings. The molecule has 0 bridgehead atoms. The lowest BCUT2D eigenvalue weighted by Crippen LogP contribution is -2.34. The lowest BCUT2D eigenvalue weighted by Gasteiger charge is -2.33. The molecule has 1 atom stereocenters. The molecule has 6 heteroatoms. The molecule has 0 radical (unpaired) electrons. The third-order valence-corrected chi connectivity index (χ3v) is 3.64. The Labute approximate surface area is 116 Å². The second kappa shape index (κ2) is 4.97. The Bertz CT molecular complexity index is 650. The van der Waals surface area contributed by atoms with E-state index in [0.29, 0.717) is 13.1 Å². The molecule has 1 aliphatic heterocycles. The number of amides is 1. The zero-order chi connectivity index (χ0) is 14.1. The molecule has 1 amide bonds. The van der Waals surface area contributed by atoms with E-state index in [2.05, 4.69) is 27.2 Å². The van der Waals surface area contributed by atoms with E-state index in [0.717, 1.165) is 5.82 Å². The Hall–Kier alpha value is -2.34. The van der Waals surface area contributed by atoms with Gasteiger partial charge in [0.2, 0.25) is 0 Å². The Kier molecular flexibility index (Phi) is 3.15. The van der Waals surface area contributed by atoms with Gasteiger partial charge in [-0.2, -0.15) is 0 Å². The van der Waals surface area contributed by atoms with Gasteiger partial charge >= 0.3 is 5.91 Å². The van der Waals surface area contributed by atoms with Crippen LogP contribution in [0, 0.1) is 4.91 Å². The molecular weight excluding hydrogens is 256 g/mol. The van der Waals surface area contributed by atoms with Gasteiger partial charge in [0, 0.05) is 17.9 Å². The molecule has 1 aromatic heterocycles. The van der Waals surface area contributed by atoms with Gasteiger partial charge in [-0.15, -0.1) is 4.91 Å². The summed E-state index contributed by atoms with van der Waals surface area (Å²) < 4.78 is 1.93. The molecule has 6 nitrogen and oxygen atoms in total. The van der Waals surface area contributed by atoms with Crippen LogP contribution in [0.2, 0.25) is 0 Å². The van der Waals surface area contributed by atoms with Crippen LogP contribution in [0.4, 0.5) is 0 Å². The second-order valence-electron chi connectivity index (χ2n) is 4.93. The summed E-state index contributed by atoms with van der Waals surface area (Å²) in [5.41, 5.74) is 1.34. The summed E-state index contributed by atoms with van der Waals surface area (Å²) in [6, 6.07) is 10.4. The van der Waals surface area contributed by atoms with E-state index < -0.39 is 5.91 Å². The predicted octanol–water partition coefficient (Wildman–Crippen LogP) is 1.98. The van der Waals surface area contributed by atoms with Crippen LogP contribution >= 0.6 is 0 Å². The van der Waals surface area contributed by atoms with Crippen molar-refractivity contribution in [1.29, 1.82) is 0 Å². The highest BCUT2D eigenvalue weighted by Crippen LogP contribution is 2.27. The van der Waals surface area contributed by atoms with Crippen molar-refractivity contribution >= 4 is 5.91 Å². The van der Waals surface area contributed by atoms with Gasteiger partial charge in [-0.25, -0.2) is 4.98 Å². The fourth-order valence-corrected chi connectivity index (χ4v) is 2.58. The maximum atomic E-state index is 11.3. The van der Waals surface area contributed by atoms with Crippen LogP contribution in [-0.2, 0) is 13.1 Å². The highest BCUT2D eigenvalue weighted by molar-refractivity contribution is 5.92. The average molecular weight is 270 g/mol. The summed E-state index contributed by atoms with van der Waals surface area (Å²) in [6.07, 6.45) is 1.61. The Balaban J connectivity index is 1.92. The molecule has 0 N–H and O–H groups in total. The Morgan fingerprint density at radius 3 is 2.80 bits per heavy atom. The van der Waals surface area contributed by atoms with Gasteiger partial charge in [-0.1, -0.05) is 30.3 Å². The molecule has 102 valence electrons. The number of rotatable bonds is 2. The van der Waals surface area contributed by atoms with Crippen molar-refractivity contribution in [2.24, 2.45) is 5.18 Å². The first-order valence-electron chi connectivity index (χ1n) is 6.38. The van der Waals surface area contributed by atoms with Gasteiger partial charge in [-0.3, -0.25) is 9.69 Å². The summed E-state index contributed by atoms with van der Waals surface area (Å²) in [4.78, 5) is 28.0. The van der Waals surface area contributed by atoms with Crippen molar-refractivity contribution in [1.82, 2.24) is 14.5 Å². The van der Waals surface area contributed by atoms with Crippen molar-refractivity contribution in [3.8, 4) is 0 Å². The van der Waals surface area contributed by atoms with Gasteiger partial charge in [0.1, 0.15) is 5.82 Å². The molecule has 1 unspecified atom stereocenters. The number of hydrogen-bond acceptors (Lipinski definition) is 4. The highest BCUT2D eigenvalue weighted by atomic mass is 16.3. The minimum atomic E-state index is -0.814. The van der Waals surface area contributed by atoms with Crippen LogP contribution in [0.1, 0.15) is 27.9 Å². The molecule has 3 rings (SSSR count). The Morgan fingerprint density at radius 2 is 2.10 bits per heavy atom. The standard InChI is InChI=1S/C14H14N4O2/c1-17-9-13-15-11(14(19)16-20)7-18(13)8-12(17)10-5-3-2-4-6-10/h2-7,12H,8-9H2,1H3. The summed E-state index contributed by atoms with van der Waals surface area (Å²) >= 11 is 0. The number of hydrogen-bond donors (Lipinski definition) is 0. The zero-order valence-corrected chi connectivity index (χ0v) is 11.1. The molecule has 20 heavy (non-hydrogen) atoms. The van der Waals surface area contributed by atoms with Gasteiger partial charge in [-0.05, 0) is 12.6 Å². The molecule has 0 aliphatic carbocycles. The molecule has 0 saturated heterocycles. The SMILES string of the molecule is CN1Cc2nc(C(=O)N=O)cn2CC1c1ccccc1. The topological polar surface area (TPSA) is 67.6 Å². The van der Waals surface area contributed by atoms with Crippen LogP contribution in [0.3, 0.4) is 0 Å². The van der Waals surface area contributed by atoms with Crippen molar-refractivity contribution in [2.75, 3.05) is 7.05 Å². The number of nitroso groups, excluding NO2 is 1. The van der Waals surface area contributed by atoms with Crippen molar-refractivity contribution in [2.45, 2.75) is 19.1 Å². The van der Waals surface area contributed by atoms with Crippen molar-refractivity contribution < 1.29 is 4.79 Å². The zero-order valence-electron chi connectivity index (χ0n) is 11.1. The first-order valence-corrected chi connectivity index (χ1v) is 6.38. The van der Waals surface area contributed by atoms with Crippen LogP contribution < -0.4 is 0 Å². The molecule has 0 saturated carbocycles.